The van der Waals surface area contributed by atoms with E-state index in [9.17, 15) is 5.26 Å². The molecule has 2 saturated carbocycles. The lowest BCUT2D eigenvalue weighted by Gasteiger charge is -2.29. The van der Waals surface area contributed by atoms with Crippen LogP contribution in [0.15, 0.2) is 0 Å². The van der Waals surface area contributed by atoms with Crippen molar-refractivity contribution in [2.75, 3.05) is 0 Å². The average Bonchev–Trinajstić information content (AvgIpc) is 2.74. The van der Waals surface area contributed by atoms with Gasteiger partial charge in [0.2, 0.25) is 0 Å². The first-order valence-corrected chi connectivity index (χ1v) is 5.09. The maximum absolute atomic E-state index is 9.21. The normalized spacial score (nSPS) is 41.4. The van der Waals surface area contributed by atoms with Crippen LogP contribution in [-0.2, 0) is 0 Å². The summed E-state index contributed by atoms with van der Waals surface area (Å²) in [7, 11) is 0. The minimum atomic E-state index is -0.112. The highest BCUT2D eigenvalue weighted by molar-refractivity contribution is 5.12. The lowest BCUT2D eigenvalue weighted by Crippen LogP contribution is -2.25. The molecule has 3 atom stereocenters. The Kier molecular flexibility index (Phi) is 2.00. The van der Waals surface area contributed by atoms with Gasteiger partial charge in [-0.3, -0.25) is 0 Å². The summed E-state index contributed by atoms with van der Waals surface area (Å²) in [4.78, 5) is 0. The molecule has 68 valence electrons. The molecule has 0 spiro atoms. The third-order valence-corrected chi connectivity index (χ3v) is 3.88. The van der Waals surface area contributed by atoms with Crippen molar-refractivity contribution in [3.05, 3.63) is 0 Å². The van der Waals surface area contributed by atoms with Crippen LogP contribution in [0.1, 0.15) is 38.5 Å². The summed E-state index contributed by atoms with van der Waals surface area (Å²) in [5.74, 6) is 1.40. The summed E-state index contributed by atoms with van der Waals surface area (Å²) in [6, 6.07) is 4.65. The van der Waals surface area contributed by atoms with Gasteiger partial charge in [-0.15, -0.1) is 0 Å². The van der Waals surface area contributed by atoms with Crippen LogP contribution in [0.2, 0.25) is 0 Å². The minimum absolute atomic E-state index is 0.112. The van der Waals surface area contributed by atoms with Crippen LogP contribution < -0.4 is 0 Å². The second-order valence-electron chi connectivity index (χ2n) is 4.51. The first-order chi connectivity index (χ1) is 6.30. The standard InChI is InChI=1S/C11H14N2/c12-5-1-4-11(8-13)7-9-2-3-10(11)6-9/h9-10H,1-4,6-7H2. The molecule has 2 nitrogen and oxygen atoms in total. The summed E-state index contributed by atoms with van der Waals surface area (Å²) in [5.41, 5.74) is -0.112. The van der Waals surface area contributed by atoms with Crippen LogP contribution in [0, 0.1) is 39.9 Å². The molecule has 0 heterocycles. The molecule has 0 radical (unpaired) electrons. The number of nitrogens with zero attached hydrogens (tertiary/aromatic N) is 2. The number of nitriles is 2. The fraction of sp³-hybridized carbons (Fsp3) is 0.818. The van der Waals surface area contributed by atoms with E-state index in [1.165, 1.54) is 19.3 Å². The molecule has 2 aliphatic rings. The van der Waals surface area contributed by atoms with Gasteiger partial charge in [-0.2, -0.15) is 10.5 Å². The maximum Gasteiger partial charge on any atom is 0.0693 e. The molecule has 2 bridgehead atoms. The predicted octanol–water partition coefficient (Wildman–Crippen LogP) is 2.62. The second-order valence-corrected chi connectivity index (χ2v) is 4.51. The number of hydrogen-bond donors (Lipinski definition) is 0. The quantitative estimate of drug-likeness (QED) is 0.646. The fourth-order valence-electron chi connectivity index (χ4n) is 3.22. The summed E-state index contributed by atoms with van der Waals surface area (Å²) in [5, 5.41) is 17.8. The van der Waals surface area contributed by atoms with E-state index in [-0.39, 0.29) is 5.41 Å². The second kappa shape index (κ2) is 3.04. The van der Waals surface area contributed by atoms with Gasteiger partial charge in [-0.25, -0.2) is 0 Å². The monoisotopic (exact) mass is 174 g/mol. The van der Waals surface area contributed by atoms with E-state index in [1.807, 2.05) is 0 Å². The topological polar surface area (TPSA) is 47.6 Å². The summed E-state index contributed by atoms with van der Waals surface area (Å²) >= 11 is 0. The molecule has 0 aliphatic heterocycles. The third kappa shape index (κ3) is 1.22. The molecular weight excluding hydrogens is 160 g/mol. The maximum atomic E-state index is 9.21. The Balaban J connectivity index is 2.10. The Bertz CT molecular complexity index is 283. The van der Waals surface area contributed by atoms with E-state index in [0.29, 0.717) is 12.3 Å². The van der Waals surface area contributed by atoms with Gasteiger partial charge in [0.05, 0.1) is 17.6 Å². The van der Waals surface area contributed by atoms with Crippen LogP contribution in [0.3, 0.4) is 0 Å². The lowest BCUT2D eigenvalue weighted by molar-refractivity contribution is 0.226. The Morgan fingerprint density at radius 2 is 2.15 bits per heavy atom. The fourth-order valence-corrected chi connectivity index (χ4v) is 3.22. The molecule has 13 heavy (non-hydrogen) atoms. The molecule has 0 amide bonds. The SMILES string of the molecule is N#CCCC1(C#N)CC2CCC1C2. The highest BCUT2D eigenvalue weighted by atomic mass is 14.5. The van der Waals surface area contributed by atoms with Crippen molar-refractivity contribution >= 4 is 0 Å². The van der Waals surface area contributed by atoms with Gasteiger partial charge in [0.15, 0.2) is 0 Å². The average molecular weight is 174 g/mol. The van der Waals surface area contributed by atoms with Crippen molar-refractivity contribution in [3.63, 3.8) is 0 Å². The van der Waals surface area contributed by atoms with E-state index in [4.69, 9.17) is 5.26 Å². The number of rotatable bonds is 2. The van der Waals surface area contributed by atoms with E-state index in [1.54, 1.807) is 0 Å². The van der Waals surface area contributed by atoms with Crippen LogP contribution in [0.25, 0.3) is 0 Å². The van der Waals surface area contributed by atoms with Crippen molar-refractivity contribution in [1.82, 2.24) is 0 Å². The zero-order valence-corrected chi connectivity index (χ0v) is 7.79. The first kappa shape index (κ1) is 8.57. The molecule has 3 unspecified atom stereocenters. The van der Waals surface area contributed by atoms with Crippen LogP contribution in [-0.4, -0.2) is 0 Å². The van der Waals surface area contributed by atoms with E-state index in [2.05, 4.69) is 12.1 Å². The smallest absolute Gasteiger partial charge is 0.0693 e. The Hall–Kier alpha value is -1.02. The van der Waals surface area contributed by atoms with Crippen LogP contribution in [0.4, 0.5) is 0 Å². The number of fused-ring (bicyclic) bond motifs is 2. The highest BCUT2D eigenvalue weighted by Gasteiger charge is 2.50. The van der Waals surface area contributed by atoms with Gasteiger partial charge in [-0.1, -0.05) is 6.42 Å². The molecule has 0 saturated heterocycles. The molecule has 0 N–H and O–H groups in total. The van der Waals surface area contributed by atoms with Crippen LogP contribution >= 0.6 is 0 Å². The molecule has 2 aliphatic carbocycles. The zero-order chi connectivity index (χ0) is 9.31. The molecule has 0 aromatic heterocycles. The van der Waals surface area contributed by atoms with E-state index in [0.717, 1.165) is 18.8 Å². The summed E-state index contributed by atoms with van der Waals surface area (Å²) < 4.78 is 0. The van der Waals surface area contributed by atoms with E-state index >= 15 is 0 Å². The van der Waals surface area contributed by atoms with Crippen molar-refractivity contribution in [1.29, 1.82) is 10.5 Å². The molecular formula is C11H14N2. The van der Waals surface area contributed by atoms with Gasteiger partial charge >= 0.3 is 0 Å². The highest BCUT2D eigenvalue weighted by Crippen LogP contribution is 2.57. The zero-order valence-electron chi connectivity index (χ0n) is 7.79. The van der Waals surface area contributed by atoms with Gasteiger partial charge in [-0.05, 0) is 37.5 Å². The molecule has 0 aromatic carbocycles. The van der Waals surface area contributed by atoms with Gasteiger partial charge < -0.3 is 0 Å². The van der Waals surface area contributed by atoms with Crippen molar-refractivity contribution in [3.8, 4) is 12.1 Å². The molecule has 2 heteroatoms. The number of hydrogen-bond acceptors (Lipinski definition) is 2. The van der Waals surface area contributed by atoms with Gasteiger partial charge in [0, 0.05) is 6.42 Å². The lowest BCUT2D eigenvalue weighted by atomic mass is 9.71. The predicted molar refractivity (Wildman–Crippen MR) is 48.3 cm³/mol. The summed E-state index contributed by atoms with van der Waals surface area (Å²) in [6.07, 6.45) is 6.22. The van der Waals surface area contributed by atoms with Gasteiger partial charge in [0.25, 0.3) is 0 Å². The Morgan fingerprint density at radius 1 is 1.31 bits per heavy atom. The first-order valence-electron chi connectivity index (χ1n) is 5.09. The molecule has 2 rings (SSSR count). The Morgan fingerprint density at radius 3 is 2.62 bits per heavy atom. The minimum Gasteiger partial charge on any atom is -0.198 e. The third-order valence-electron chi connectivity index (χ3n) is 3.88. The summed E-state index contributed by atoms with van der Waals surface area (Å²) in [6.45, 7) is 0. The van der Waals surface area contributed by atoms with Crippen LogP contribution in [0.5, 0.6) is 0 Å². The van der Waals surface area contributed by atoms with Crippen molar-refractivity contribution < 1.29 is 0 Å². The molecule has 2 fully saturated rings. The van der Waals surface area contributed by atoms with Crippen molar-refractivity contribution in [2.24, 2.45) is 17.3 Å². The Labute approximate surface area is 79.2 Å². The molecule has 0 aromatic rings. The largest absolute Gasteiger partial charge is 0.198 e. The van der Waals surface area contributed by atoms with E-state index < -0.39 is 0 Å². The van der Waals surface area contributed by atoms with Gasteiger partial charge in [0.1, 0.15) is 0 Å². The van der Waals surface area contributed by atoms with Crippen molar-refractivity contribution in [2.45, 2.75) is 38.5 Å².